The quantitative estimate of drug-likeness (QED) is 0.769. The highest BCUT2D eigenvalue weighted by molar-refractivity contribution is 8.13. The summed E-state index contributed by atoms with van der Waals surface area (Å²) in [6.07, 6.45) is 0.235. The molecule has 1 unspecified atom stereocenters. The lowest BCUT2D eigenvalue weighted by molar-refractivity contribution is 0.111. The molecule has 0 bridgehead atoms. The van der Waals surface area contributed by atoms with Gasteiger partial charge in [-0.1, -0.05) is 12.1 Å². The first kappa shape index (κ1) is 11.8. The van der Waals surface area contributed by atoms with Crippen LogP contribution >= 0.6 is 10.7 Å². The maximum atomic E-state index is 14.3. The van der Waals surface area contributed by atoms with Crippen molar-refractivity contribution in [3.05, 3.63) is 29.8 Å². The van der Waals surface area contributed by atoms with Gasteiger partial charge in [-0.15, -0.1) is 0 Å². The summed E-state index contributed by atoms with van der Waals surface area (Å²) in [5.74, 6) is 0. The van der Waals surface area contributed by atoms with Gasteiger partial charge in [0.15, 0.2) is 5.67 Å². The van der Waals surface area contributed by atoms with Gasteiger partial charge < -0.3 is 4.74 Å². The third-order valence-corrected chi connectivity index (χ3v) is 3.96. The minimum atomic E-state index is -3.82. The molecule has 0 aromatic heterocycles. The van der Waals surface area contributed by atoms with E-state index in [-0.39, 0.29) is 17.9 Å². The van der Waals surface area contributed by atoms with Crippen molar-refractivity contribution in [2.24, 2.45) is 0 Å². The van der Waals surface area contributed by atoms with Gasteiger partial charge in [-0.25, -0.2) is 12.8 Å². The van der Waals surface area contributed by atoms with Crippen molar-refractivity contribution in [2.45, 2.75) is 17.0 Å². The molecule has 1 aliphatic heterocycles. The van der Waals surface area contributed by atoms with E-state index < -0.39 is 14.7 Å². The Morgan fingerprint density at radius 1 is 1.44 bits per heavy atom. The van der Waals surface area contributed by atoms with Crippen molar-refractivity contribution in [2.75, 3.05) is 13.2 Å². The van der Waals surface area contributed by atoms with Crippen LogP contribution in [-0.2, 0) is 19.5 Å². The highest BCUT2D eigenvalue weighted by Gasteiger charge is 2.37. The lowest BCUT2D eigenvalue weighted by Crippen LogP contribution is -2.20. The van der Waals surface area contributed by atoms with Crippen molar-refractivity contribution in [3.63, 3.8) is 0 Å². The minimum absolute atomic E-state index is 0.0429. The summed E-state index contributed by atoms with van der Waals surface area (Å²) in [4.78, 5) is -0.0874. The fraction of sp³-hybridized carbons (Fsp3) is 0.400. The summed E-state index contributed by atoms with van der Waals surface area (Å²) in [6, 6.07) is 5.62. The average Bonchev–Trinajstić information content (AvgIpc) is 2.66. The number of rotatable bonds is 2. The van der Waals surface area contributed by atoms with E-state index >= 15 is 0 Å². The van der Waals surface area contributed by atoms with E-state index in [1.807, 2.05) is 0 Å². The highest BCUT2D eigenvalue weighted by atomic mass is 35.7. The maximum Gasteiger partial charge on any atom is 0.261 e. The van der Waals surface area contributed by atoms with Gasteiger partial charge >= 0.3 is 0 Å². The summed E-state index contributed by atoms with van der Waals surface area (Å²) in [6.45, 7) is 0.299. The molecule has 1 aliphatic rings. The summed E-state index contributed by atoms with van der Waals surface area (Å²) in [7, 11) is 1.38. The van der Waals surface area contributed by atoms with Crippen LogP contribution in [0.3, 0.4) is 0 Å². The largest absolute Gasteiger partial charge is 0.378 e. The molecule has 16 heavy (non-hydrogen) atoms. The second kappa shape index (κ2) is 3.98. The number of alkyl halides is 1. The molecular weight excluding hydrogens is 255 g/mol. The van der Waals surface area contributed by atoms with Crippen LogP contribution in [0.2, 0.25) is 0 Å². The molecule has 2 rings (SSSR count). The number of ether oxygens (including phenoxy) is 1. The lowest BCUT2D eigenvalue weighted by Gasteiger charge is -2.17. The Bertz CT molecular complexity index is 495. The zero-order valence-corrected chi connectivity index (χ0v) is 9.89. The number of hydrogen-bond acceptors (Lipinski definition) is 3. The second-order valence-electron chi connectivity index (χ2n) is 3.73. The maximum absolute atomic E-state index is 14.3. The Hall–Kier alpha value is -0.650. The molecular formula is C10H10ClFO3S. The first-order valence-corrected chi connectivity index (χ1v) is 7.05. The van der Waals surface area contributed by atoms with Crippen molar-refractivity contribution >= 4 is 19.7 Å². The molecule has 0 saturated carbocycles. The SMILES string of the molecule is O=S(=O)(Cl)c1cccc(C2(F)CCOC2)c1. The van der Waals surface area contributed by atoms with Crippen LogP contribution in [0, 0.1) is 0 Å². The smallest absolute Gasteiger partial charge is 0.261 e. The molecule has 1 fully saturated rings. The van der Waals surface area contributed by atoms with Crippen LogP contribution in [-0.4, -0.2) is 21.6 Å². The molecule has 0 N–H and O–H groups in total. The van der Waals surface area contributed by atoms with Crippen LogP contribution < -0.4 is 0 Å². The zero-order chi connectivity index (χ0) is 11.8. The van der Waals surface area contributed by atoms with Crippen LogP contribution in [0.5, 0.6) is 0 Å². The van der Waals surface area contributed by atoms with E-state index in [0.717, 1.165) is 0 Å². The normalized spacial score (nSPS) is 25.9. The topological polar surface area (TPSA) is 43.4 Å². The van der Waals surface area contributed by atoms with E-state index in [0.29, 0.717) is 12.2 Å². The monoisotopic (exact) mass is 264 g/mol. The van der Waals surface area contributed by atoms with Gasteiger partial charge in [-0.2, -0.15) is 0 Å². The first-order valence-electron chi connectivity index (χ1n) is 4.74. The Morgan fingerprint density at radius 2 is 2.19 bits per heavy atom. The van der Waals surface area contributed by atoms with Crippen LogP contribution in [0.1, 0.15) is 12.0 Å². The fourth-order valence-corrected chi connectivity index (χ4v) is 2.49. The van der Waals surface area contributed by atoms with Crippen LogP contribution in [0.15, 0.2) is 29.2 Å². The number of halogens is 2. The molecule has 0 spiro atoms. The molecule has 1 aromatic carbocycles. The zero-order valence-electron chi connectivity index (χ0n) is 8.32. The summed E-state index contributed by atoms with van der Waals surface area (Å²) in [5.41, 5.74) is -1.30. The van der Waals surface area contributed by atoms with E-state index in [1.54, 1.807) is 6.07 Å². The summed E-state index contributed by atoms with van der Waals surface area (Å²) >= 11 is 0. The van der Waals surface area contributed by atoms with Gasteiger partial charge in [0.25, 0.3) is 9.05 Å². The lowest BCUT2D eigenvalue weighted by atomic mass is 9.95. The standard InChI is InChI=1S/C10H10ClFO3S/c11-16(13,14)9-3-1-2-8(6-9)10(12)4-5-15-7-10/h1-3,6H,4-5,7H2. The molecule has 0 amide bonds. The third kappa shape index (κ3) is 2.21. The van der Waals surface area contributed by atoms with Gasteiger partial charge in [0.05, 0.1) is 18.1 Å². The highest BCUT2D eigenvalue weighted by Crippen LogP contribution is 2.35. The van der Waals surface area contributed by atoms with Crippen LogP contribution in [0.4, 0.5) is 4.39 Å². The van der Waals surface area contributed by atoms with Gasteiger partial charge in [0.2, 0.25) is 0 Å². The van der Waals surface area contributed by atoms with Gasteiger partial charge in [-0.05, 0) is 17.7 Å². The predicted octanol–water partition coefficient (Wildman–Crippen LogP) is 2.20. The van der Waals surface area contributed by atoms with Crippen molar-refractivity contribution in [1.29, 1.82) is 0 Å². The van der Waals surface area contributed by atoms with Crippen molar-refractivity contribution in [1.82, 2.24) is 0 Å². The van der Waals surface area contributed by atoms with Gasteiger partial charge in [0.1, 0.15) is 0 Å². The van der Waals surface area contributed by atoms with Crippen LogP contribution in [0.25, 0.3) is 0 Å². The first-order chi connectivity index (χ1) is 7.42. The molecule has 0 radical (unpaired) electrons. The number of benzene rings is 1. The Morgan fingerprint density at radius 3 is 2.75 bits per heavy atom. The molecule has 1 heterocycles. The van der Waals surface area contributed by atoms with E-state index in [4.69, 9.17) is 15.4 Å². The summed E-state index contributed by atoms with van der Waals surface area (Å²) < 4.78 is 41.5. The third-order valence-electron chi connectivity index (χ3n) is 2.61. The van der Waals surface area contributed by atoms with Crippen molar-refractivity contribution in [3.8, 4) is 0 Å². The molecule has 3 nitrogen and oxygen atoms in total. The minimum Gasteiger partial charge on any atom is -0.378 e. The van der Waals surface area contributed by atoms with Gasteiger partial charge in [0, 0.05) is 17.1 Å². The molecule has 1 saturated heterocycles. The second-order valence-corrected chi connectivity index (χ2v) is 6.30. The van der Waals surface area contributed by atoms with Crippen molar-refractivity contribution < 1.29 is 17.5 Å². The van der Waals surface area contributed by atoms with E-state index in [2.05, 4.69) is 0 Å². The predicted molar refractivity (Wildman–Crippen MR) is 57.7 cm³/mol. The Kier molecular flexibility index (Phi) is 2.94. The van der Waals surface area contributed by atoms with Gasteiger partial charge in [-0.3, -0.25) is 0 Å². The van der Waals surface area contributed by atoms with E-state index in [9.17, 15) is 12.8 Å². The molecule has 6 heteroatoms. The average molecular weight is 265 g/mol. The molecule has 0 aliphatic carbocycles. The summed E-state index contributed by atoms with van der Waals surface area (Å²) in [5, 5.41) is 0. The molecule has 1 atom stereocenters. The Balaban J connectivity index is 2.44. The molecule has 88 valence electrons. The number of hydrogen-bond donors (Lipinski definition) is 0. The van der Waals surface area contributed by atoms with E-state index in [1.165, 1.54) is 18.2 Å². The Labute approximate surface area is 97.6 Å². The fourth-order valence-electron chi connectivity index (χ4n) is 1.69. The molecule has 1 aromatic rings.